The van der Waals surface area contributed by atoms with Gasteiger partial charge in [0.25, 0.3) is 5.91 Å². The molecule has 0 radical (unpaired) electrons. The highest BCUT2D eigenvalue weighted by atomic mass is 35.5. The van der Waals surface area contributed by atoms with Gasteiger partial charge in [-0.3, -0.25) is 14.9 Å². The lowest BCUT2D eigenvalue weighted by atomic mass is 9.94. The van der Waals surface area contributed by atoms with Crippen molar-refractivity contribution in [2.24, 2.45) is 0 Å². The highest BCUT2D eigenvalue weighted by Crippen LogP contribution is 2.33. The first-order chi connectivity index (χ1) is 13.0. The molecule has 2 aromatic carbocycles. The van der Waals surface area contributed by atoms with Gasteiger partial charge in [-0.25, -0.2) is 0 Å². The molecule has 1 aliphatic rings. The van der Waals surface area contributed by atoms with E-state index in [4.69, 9.17) is 16.3 Å². The van der Waals surface area contributed by atoms with Crippen LogP contribution in [0.1, 0.15) is 42.5 Å². The van der Waals surface area contributed by atoms with Crippen LogP contribution in [0.4, 0.5) is 5.69 Å². The van der Waals surface area contributed by atoms with Crippen LogP contribution in [0.25, 0.3) is 0 Å². The molecule has 1 amide bonds. The highest BCUT2D eigenvalue weighted by molar-refractivity contribution is 6.30. The topological polar surface area (TPSA) is 72.7 Å². The summed E-state index contributed by atoms with van der Waals surface area (Å²) in [7, 11) is 1.85. The fraction of sp³-hybridized carbons (Fsp3) is 0.350. The van der Waals surface area contributed by atoms with Crippen LogP contribution in [0.5, 0.6) is 11.5 Å². The lowest BCUT2D eigenvalue weighted by Crippen LogP contribution is -2.38. The van der Waals surface area contributed by atoms with Gasteiger partial charge in [0, 0.05) is 29.7 Å². The molecule has 1 aliphatic carbocycles. The van der Waals surface area contributed by atoms with E-state index < -0.39 is 4.92 Å². The number of carbonyl (C=O) groups is 1. The van der Waals surface area contributed by atoms with Crippen LogP contribution < -0.4 is 4.74 Å². The standard InChI is InChI=1S/C20H21ClN2O4/c1-22(16-5-3-2-4-6-16)20(24)14-7-10-17(11-8-14)27-19-12-9-15(21)13-18(19)23(25)26/h7-13,16H,2-6H2,1H3. The van der Waals surface area contributed by atoms with E-state index in [0.29, 0.717) is 17.4 Å². The van der Waals surface area contributed by atoms with Crippen molar-refractivity contribution < 1.29 is 14.5 Å². The van der Waals surface area contributed by atoms with E-state index in [1.165, 1.54) is 24.6 Å². The maximum Gasteiger partial charge on any atom is 0.313 e. The van der Waals surface area contributed by atoms with Gasteiger partial charge < -0.3 is 9.64 Å². The fourth-order valence-electron chi connectivity index (χ4n) is 3.35. The Bertz CT molecular complexity index is 832. The number of ether oxygens (including phenoxy) is 1. The Hall–Kier alpha value is -2.60. The van der Waals surface area contributed by atoms with Crippen LogP contribution in [-0.2, 0) is 0 Å². The summed E-state index contributed by atoms with van der Waals surface area (Å²) in [5, 5.41) is 11.4. The summed E-state index contributed by atoms with van der Waals surface area (Å²) in [6.07, 6.45) is 5.65. The lowest BCUT2D eigenvalue weighted by molar-refractivity contribution is -0.385. The minimum atomic E-state index is -0.543. The monoisotopic (exact) mass is 388 g/mol. The second kappa shape index (κ2) is 8.39. The maximum atomic E-state index is 12.7. The molecular formula is C20H21ClN2O4. The molecule has 27 heavy (non-hydrogen) atoms. The summed E-state index contributed by atoms with van der Waals surface area (Å²) in [6.45, 7) is 0. The Balaban J connectivity index is 1.72. The minimum absolute atomic E-state index is 0.0223. The number of hydrogen-bond donors (Lipinski definition) is 0. The summed E-state index contributed by atoms with van der Waals surface area (Å²) in [5.74, 6) is 0.492. The van der Waals surface area contributed by atoms with Gasteiger partial charge in [0.15, 0.2) is 0 Å². The van der Waals surface area contributed by atoms with Crippen LogP contribution in [0.3, 0.4) is 0 Å². The molecule has 0 spiro atoms. The number of benzene rings is 2. The molecule has 142 valence electrons. The van der Waals surface area contributed by atoms with E-state index in [2.05, 4.69) is 0 Å². The Labute approximate surface area is 162 Å². The molecule has 0 saturated heterocycles. The van der Waals surface area contributed by atoms with Crippen LogP contribution in [0.15, 0.2) is 42.5 Å². The van der Waals surface area contributed by atoms with Crippen LogP contribution in [0.2, 0.25) is 5.02 Å². The van der Waals surface area contributed by atoms with Crippen LogP contribution in [-0.4, -0.2) is 28.8 Å². The predicted octanol–water partition coefficient (Wildman–Crippen LogP) is 5.45. The van der Waals surface area contributed by atoms with E-state index in [-0.39, 0.29) is 22.4 Å². The van der Waals surface area contributed by atoms with Gasteiger partial charge in [0.1, 0.15) is 5.75 Å². The van der Waals surface area contributed by atoms with Crippen molar-refractivity contribution in [3.05, 3.63) is 63.2 Å². The van der Waals surface area contributed by atoms with Gasteiger partial charge in [0.2, 0.25) is 5.75 Å². The highest BCUT2D eigenvalue weighted by Gasteiger charge is 2.23. The normalized spacial score (nSPS) is 14.6. The fourth-order valence-corrected chi connectivity index (χ4v) is 3.52. The van der Waals surface area contributed by atoms with E-state index >= 15 is 0 Å². The zero-order valence-corrected chi connectivity index (χ0v) is 15.8. The molecule has 0 atom stereocenters. The van der Waals surface area contributed by atoms with Crippen molar-refractivity contribution >= 4 is 23.2 Å². The number of carbonyl (C=O) groups excluding carboxylic acids is 1. The quantitative estimate of drug-likeness (QED) is 0.504. The molecule has 0 unspecified atom stereocenters. The first kappa shape index (κ1) is 19.2. The molecule has 0 bridgehead atoms. The Morgan fingerprint density at radius 1 is 1.15 bits per heavy atom. The molecule has 1 fully saturated rings. The van der Waals surface area contributed by atoms with Gasteiger partial charge >= 0.3 is 5.69 Å². The van der Waals surface area contributed by atoms with Gasteiger partial charge in [-0.05, 0) is 49.2 Å². The van der Waals surface area contributed by atoms with Crippen molar-refractivity contribution in [1.29, 1.82) is 0 Å². The second-order valence-corrected chi connectivity index (χ2v) is 7.14. The Kier molecular flexibility index (Phi) is 5.96. The van der Waals surface area contributed by atoms with Crippen molar-refractivity contribution in [3.8, 4) is 11.5 Å². The number of rotatable bonds is 5. The third-order valence-corrected chi connectivity index (χ3v) is 5.12. The third kappa shape index (κ3) is 4.57. The van der Waals surface area contributed by atoms with E-state index in [1.54, 1.807) is 24.3 Å². The number of nitrogens with zero attached hydrogens (tertiary/aromatic N) is 2. The van der Waals surface area contributed by atoms with Crippen molar-refractivity contribution in [3.63, 3.8) is 0 Å². The molecular weight excluding hydrogens is 368 g/mol. The molecule has 6 nitrogen and oxygen atoms in total. The van der Waals surface area contributed by atoms with Crippen molar-refractivity contribution in [2.75, 3.05) is 7.05 Å². The molecule has 1 saturated carbocycles. The molecule has 2 aromatic rings. The average Bonchev–Trinajstić information content (AvgIpc) is 2.69. The summed E-state index contributed by atoms with van der Waals surface area (Å²) < 4.78 is 5.61. The minimum Gasteiger partial charge on any atom is -0.450 e. The van der Waals surface area contributed by atoms with Gasteiger partial charge in [0.05, 0.1) is 4.92 Å². The number of nitro groups is 1. The second-order valence-electron chi connectivity index (χ2n) is 6.70. The van der Waals surface area contributed by atoms with Crippen LogP contribution >= 0.6 is 11.6 Å². The number of hydrogen-bond acceptors (Lipinski definition) is 4. The number of halogens is 1. The Morgan fingerprint density at radius 3 is 2.44 bits per heavy atom. The molecule has 0 N–H and O–H groups in total. The first-order valence-electron chi connectivity index (χ1n) is 8.95. The van der Waals surface area contributed by atoms with Crippen molar-refractivity contribution in [2.45, 2.75) is 38.1 Å². The third-order valence-electron chi connectivity index (χ3n) is 4.89. The predicted molar refractivity (Wildman–Crippen MR) is 104 cm³/mol. The van der Waals surface area contributed by atoms with Gasteiger partial charge in [-0.2, -0.15) is 0 Å². The summed E-state index contributed by atoms with van der Waals surface area (Å²) in [6, 6.07) is 11.2. The van der Waals surface area contributed by atoms with Crippen molar-refractivity contribution in [1.82, 2.24) is 4.90 Å². The molecule has 0 aliphatic heterocycles. The summed E-state index contributed by atoms with van der Waals surface area (Å²) >= 11 is 5.81. The van der Waals surface area contributed by atoms with E-state index in [1.807, 2.05) is 11.9 Å². The molecule has 7 heteroatoms. The summed E-state index contributed by atoms with van der Waals surface area (Å²) in [4.78, 5) is 25.1. The molecule has 0 aromatic heterocycles. The smallest absolute Gasteiger partial charge is 0.313 e. The van der Waals surface area contributed by atoms with E-state index in [9.17, 15) is 14.9 Å². The largest absolute Gasteiger partial charge is 0.450 e. The average molecular weight is 389 g/mol. The summed E-state index contributed by atoms with van der Waals surface area (Å²) in [5.41, 5.74) is 0.362. The Morgan fingerprint density at radius 2 is 1.81 bits per heavy atom. The van der Waals surface area contributed by atoms with Crippen LogP contribution in [0, 0.1) is 10.1 Å². The number of nitro benzene ring substituents is 1. The molecule has 0 heterocycles. The van der Waals surface area contributed by atoms with Gasteiger partial charge in [-0.15, -0.1) is 0 Å². The SMILES string of the molecule is CN(C(=O)c1ccc(Oc2ccc(Cl)cc2[N+](=O)[O-])cc1)C1CCCCC1. The molecule has 3 rings (SSSR count). The lowest BCUT2D eigenvalue weighted by Gasteiger charge is -2.31. The zero-order valence-electron chi connectivity index (χ0n) is 15.1. The maximum absolute atomic E-state index is 12.7. The number of amides is 1. The zero-order chi connectivity index (χ0) is 19.4. The van der Waals surface area contributed by atoms with Gasteiger partial charge in [-0.1, -0.05) is 30.9 Å². The van der Waals surface area contributed by atoms with E-state index in [0.717, 1.165) is 25.7 Å². The first-order valence-corrected chi connectivity index (χ1v) is 9.32.